The zero-order valence-electron chi connectivity index (χ0n) is 8.56. The van der Waals surface area contributed by atoms with Crippen LogP contribution >= 0.6 is 0 Å². The molecule has 14 heavy (non-hydrogen) atoms. The molecule has 0 spiro atoms. The first kappa shape index (κ1) is 9.18. The average molecular weight is 193 g/mol. The van der Waals surface area contributed by atoms with Gasteiger partial charge in [0.25, 0.3) is 0 Å². The minimum Gasteiger partial charge on any atom is -0.351 e. The van der Waals surface area contributed by atoms with Crippen molar-refractivity contribution in [2.75, 3.05) is 6.54 Å². The van der Waals surface area contributed by atoms with Gasteiger partial charge in [-0.15, -0.1) is 10.2 Å². The lowest BCUT2D eigenvalue weighted by atomic mass is 10.1. The highest BCUT2D eigenvalue weighted by Crippen LogP contribution is 2.12. The molecule has 1 aliphatic rings. The van der Waals surface area contributed by atoms with Crippen molar-refractivity contribution < 1.29 is 0 Å². The van der Waals surface area contributed by atoms with E-state index in [0.717, 1.165) is 25.5 Å². The molecule has 1 N–H and O–H groups in total. The maximum atomic E-state index is 7.90. The first-order chi connectivity index (χ1) is 6.68. The van der Waals surface area contributed by atoms with Crippen LogP contribution in [0.4, 0.5) is 0 Å². The van der Waals surface area contributed by atoms with E-state index in [1.54, 1.807) is 6.33 Å². The summed E-state index contributed by atoms with van der Waals surface area (Å²) in [6.07, 6.45) is 1.76. The Morgan fingerprint density at radius 2 is 2.29 bits per heavy atom. The third-order valence-electron chi connectivity index (χ3n) is 2.53. The van der Waals surface area contributed by atoms with Gasteiger partial charge in [-0.1, -0.05) is 13.8 Å². The van der Waals surface area contributed by atoms with Gasteiger partial charge >= 0.3 is 0 Å². The van der Waals surface area contributed by atoms with Crippen molar-refractivity contribution in [3.8, 4) is 0 Å². The Morgan fingerprint density at radius 1 is 1.50 bits per heavy atom. The molecule has 0 unspecified atom stereocenters. The van der Waals surface area contributed by atoms with Crippen molar-refractivity contribution in [1.29, 1.82) is 5.41 Å². The third-order valence-corrected chi connectivity index (χ3v) is 2.53. The van der Waals surface area contributed by atoms with Crippen LogP contribution in [0.25, 0.3) is 0 Å². The van der Waals surface area contributed by atoms with E-state index in [-0.39, 0.29) is 5.92 Å². The highest BCUT2D eigenvalue weighted by atomic mass is 15.3. The highest BCUT2D eigenvalue weighted by Gasteiger charge is 2.20. The summed E-state index contributed by atoms with van der Waals surface area (Å²) in [6.45, 7) is 6.58. The van der Waals surface area contributed by atoms with Gasteiger partial charge in [0.1, 0.15) is 6.33 Å². The van der Waals surface area contributed by atoms with Crippen LogP contribution in [0.15, 0.2) is 6.33 Å². The van der Waals surface area contributed by atoms with Crippen LogP contribution in [0.5, 0.6) is 0 Å². The molecule has 0 amide bonds. The monoisotopic (exact) mass is 193 g/mol. The van der Waals surface area contributed by atoms with Crippen molar-refractivity contribution in [2.45, 2.75) is 26.9 Å². The molecule has 0 radical (unpaired) electrons. The number of aromatic nitrogens is 3. The summed E-state index contributed by atoms with van der Waals surface area (Å²) in [4.78, 5) is 2.06. The molecule has 0 bridgehead atoms. The van der Waals surface area contributed by atoms with E-state index < -0.39 is 0 Å². The van der Waals surface area contributed by atoms with E-state index in [0.29, 0.717) is 5.84 Å². The summed E-state index contributed by atoms with van der Waals surface area (Å²) in [5, 5.41) is 15.8. The minimum absolute atomic E-state index is 0.282. The Balaban J connectivity index is 2.11. The fourth-order valence-electron chi connectivity index (χ4n) is 1.64. The molecule has 0 saturated carbocycles. The van der Waals surface area contributed by atoms with Crippen LogP contribution < -0.4 is 0 Å². The highest BCUT2D eigenvalue weighted by molar-refractivity contribution is 5.80. The molecule has 1 aromatic rings. The molecule has 0 aliphatic carbocycles. The maximum absolute atomic E-state index is 7.90. The molecular formula is C9H15N5. The number of rotatable bonds is 1. The predicted molar refractivity (Wildman–Crippen MR) is 53.0 cm³/mol. The van der Waals surface area contributed by atoms with E-state index in [1.807, 2.05) is 18.4 Å². The molecule has 0 aromatic carbocycles. The van der Waals surface area contributed by atoms with Gasteiger partial charge in [0.05, 0.1) is 12.4 Å². The molecule has 5 nitrogen and oxygen atoms in total. The average Bonchev–Trinajstić information content (AvgIpc) is 2.62. The molecule has 1 aliphatic heterocycles. The summed E-state index contributed by atoms with van der Waals surface area (Å²) in [6, 6.07) is 0. The van der Waals surface area contributed by atoms with Crippen LogP contribution in [0, 0.1) is 11.3 Å². The molecular weight excluding hydrogens is 178 g/mol. The molecule has 76 valence electrons. The second kappa shape index (κ2) is 3.40. The molecule has 2 rings (SSSR count). The first-order valence-electron chi connectivity index (χ1n) is 4.88. The zero-order valence-corrected chi connectivity index (χ0v) is 8.56. The number of nitrogens with one attached hydrogen (secondary N) is 1. The Bertz CT molecular complexity index is 341. The maximum Gasteiger partial charge on any atom is 0.152 e. The largest absolute Gasteiger partial charge is 0.351 e. The molecule has 5 heteroatoms. The predicted octanol–water partition coefficient (Wildman–Crippen LogP) is 0.727. The number of hydrogen-bond donors (Lipinski definition) is 1. The quantitative estimate of drug-likeness (QED) is 0.528. The van der Waals surface area contributed by atoms with E-state index in [2.05, 4.69) is 15.1 Å². The van der Waals surface area contributed by atoms with Gasteiger partial charge < -0.3 is 9.47 Å². The van der Waals surface area contributed by atoms with Crippen LogP contribution in [-0.4, -0.2) is 32.0 Å². The fraction of sp³-hybridized carbons (Fsp3) is 0.667. The SMILES string of the molecule is CC(C)C(=N)N1CCn2cnnc2C1. The smallest absolute Gasteiger partial charge is 0.152 e. The summed E-state index contributed by atoms with van der Waals surface area (Å²) in [5.74, 6) is 1.94. The number of nitrogens with zero attached hydrogens (tertiary/aromatic N) is 4. The van der Waals surface area contributed by atoms with E-state index in [4.69, 9.17) is 5.41 Å². The second-order valence-corrected chi connectivity index (χ2v) is 3.90. The third kappa shape index (κ3) is 1.49. The van der Waals surface area contributed by atoms with Crippen molar-refractivity contribution in [1.82, 2.24) is 19.7 Å². The van der Waals surface area contributed by atoms with Crippen LogP contribution in [0.1, 0.15) is 19.7 Å². The van der Waals surface area contributed by atoms with Crippen LogP contribution in [0.3, 0.4) is 0 Å². The lowest BCUT2D eigenvalue weighted by molar-refractivity contribution is 0.315. The molecule has 0 atom stereocenters. The normalized spacial score (nSPS) is 15.8. The topological polar surface area (TPSA) is 57.8 Å². The van der Waals surface area contributed by atoms with Gasteiger partial charge in [-0.2, -0.15) is 0 Å². The van der Waals surface area contributed by atoms with Gasteiger partial charge in [0, 0.05) is 19.0 Å². The van der Waals surface area contributed by atoms with E-state index in [1.165, 1.54) is 0 Å². The minimum atomic E-state index is 0.282. The lowest BCUT2D eigenvalue weighted by Gasteiger charge is -2.30. The molecule has 2 heterocycles. The standard InChI is InChI=1S/C9H15N5/c1-7(2)9(10)13-3-4-14-6-11-12-8(14)5-13/h6-7,10H,3-5H2,1-2H3. The molecule has 0 fully saturated rings. The first-order valence-corrected chi connectivity index (χ1v) is 4.88. The van der Waals surface area contributed by atoms with Gasteiger partial charge in [-0.25, -0.2) is 0 Å². The Labute approximate surface area is 83.3 Å². The molecule has 0 saturated heterocycles. The second-order valence-electron chi connectivity index (χ2n) is 3.90. The van der Waals surface area contributed by atoms with Crippen molar-refractivity contribution in [3.63, 3.8) is 0 Å². The Hall–Kier alpha value is -1.39. The summed E-state index contributed by atoms with van der Waals surface area (Å²) >= 11 is 0. The van der Waals surface area contributed by atoms with E-state index in [9.17, 15) is 0 Å². The fourth-order valence-corrected chi connectivity index (χ4v) is 1.64. The lowest BCUT2D eigenvalue weighted by Crippen LogP contribution is -2.39. The molecule has 1 aromatic heterocycles. The van der Waals surface area contributed by atoms with Crippen LogP contribution in [-0.2, 0) is 13.1 Å². The number of amidine groups is 1. The van der Waals surface area contributed by atoms with Crippen molar-refractivity contribution >= 4 is 5.84 Å². The van der Waals surface area contributed by atoms with Crippen molar-refractivity contribution in [3.05, 3.63) is 12.2 Å². The van der Waals surface area contributed by atoms with E-state index >= 15 is 0 Å². The Morgan fingerprint density at radius 3 is 3.00 bits per heavy atom. The summed E-state index contributed by atoms with van der Waals surface area (Å²) < 4.78 is 2.05. The number of hydrogen-bond acceptors (Lipinski definition) is 3. The Kier molecular flexibility index (Phi) is 2.23. The van der Waals surface area contributed by atoms with Gasteiger partial charge in [-0.05, 0) is 0 Å². The summed E-state index contributed by atoms with van der Waals surface area (Å²) in [5.41, 5.74) is 0. The van der Waals surface area contributed by atoms with Gasteiger partial charge in [-0.3, -0.25) is 5.41 Å². The summed E-state index contributed by atoms with van der Waals surface area (Å²) in [7, 11) is 0. The zero-order chi connectivity index (χ0) is 10.1. The van der Waals surface area contributed by atoms with Crippen LogP contribution in [0.2, 0.25) is 0 Å². The van der Waals surface area contributed by atoms with Crippen molar-refractivity contribution in [2.24, 2.45) is 5.92 Å². The number of fused-ring (bicyclic) bond motifs is 1. The van der Waals surface area contributed by atoms with Gasteiger partial charge in [0.2, 0.25) is 0 Å². The van der Waals surface area contributed by atoms with Gasteiger partial charge in [0.15, 0.2) is 5.82 Å².